The van der Waals surface area contributed by atoms with E-state index < -0.39 is 11.4 Å². The lowest BCUT2D eigenvalue weighted by Gasteiger charge is -2.08. The smallest absolute Gasteiger partial charge is 0.311 e. The van der Waals surface area contributed by atoms with E-state index in [-0.39, 0.29) is 0 Å². The highest BCUT2D eigenvalue weighted by molar-refractivity contribution is 5.77. The number of carboxylic acid groups (broad SMARTS) is 1. The molecule has 2 rings (SSSR count). The molecule has 0 aliphatic heterocycles. The van der Waals surface area contributed by atoms with E-state index in [1.165, 1.54) is 0 Å². The van der Waals surface area contributed by atoms with Crippen LogP contribution in [0.2, 0.25) is 0 Å². The Morgan fingerprint density at radius 3 is 2.55 bits per heavy atom. The second-order valence-electron chi connectivity index (χ2n) is 3.60. The fourth-order valence-electron chi connectivity index (χ4n) is 1.08. The minimum atomic E-state index is -0.682. The highest BCUT2D eigenvalue weighted by Crippen LogP contribution is 2.47. The molecule has 0 unspecified atom stereocenters. The molecule has 0 aromatic heterocycles. The van der Waals surface area contributed by atoms with Crippen molar-refractivity contribution in [3.63, 3.8) is 0 Å². The molecule has 0 atom stereocenters. The number of carbonyl (C=O) groups is 1. The molecule has 2 aliphatic rings. The topological polar surface area (TPSA) is 46.5 Å². The van der Waals surface area contributed by atoms with Gasteiger partial charge in [-0.15, -0.1) is 0 Å². The van der Waals surface area contributed by atoms with Gasteiger partial charge in [-0.1, -0.05) is 0 Å². The minimum absolute atomic E-state index is 0.381. The van der Waals surface area contributed by atoms with Crippen LogP contribution in [0.3, 0.4) is 0 Å². The molecule has 2 fully saturated rings. The molecule has 11 heavy (non-hydrogen) atoms. The molecule has 0 aromatic carbocycles. The summed E-state index contributed by atoms with van der Waals surface area (Å²) in [5.74, 6) is -0.682. The van der Waals surface area contributed by atoms with Crippen LogP contribution >= 0.6 is 0 Å². The van der Waals surface area contributed by atoms with Crippen LogP contribution in [0.5, 0.6) is 0 Å². The van der Waals surface area contributed by atoms with E-state index in [1.54, 1.807) is 0 Å². The lowest BCUT2D eigenvalue weighted by Crippen LogP contribution is -2.21. The lowest BCUT2D eigenvalue weighted by molar-refractivity contribution is -0.146. The van der Waals surface area contributed by atoms with Crippen molar-refractivity contribution in [2.45, 2.75) is 31.8 Å². The standard InChI is InChI=1S/C8H12O3/c9-7(10)8(3-4-8)5-11-6-1-2-6/h6H,1-5H2,(H,9,10). The first kappa shape index (κ1) is 7.10. The summed E-state index contributed by atoms with van der Waals surface area (Å²) in [5, 5.41) is 8.76. The molecule has 0 aromatic rings. The van der Waals surface area contributed by atoms with Crippen LogP contribution in [0.15, 0.2) is 0 Å². The van der Waals surface area contributed by atoms with Gasteiger partial charge in [0.25, 0.3) is 0 Å². The van der Waals surface area contributed by atoms with Crippen molar-refractivity contribution in [3.8, 4) is 0 Å². The van der Waals surface area contributed by atoms with E-state index in [0.717, 1.165) is 25.7 Å². The van der Waals surface area contributed by atoms with Crippen molar-refractivity contribution >= 4 is 5.97 Å². The van der Waals surface area contributed by atoms with E-state index >= 15 is 0 Å². The Morgan fingerprint density at radius 2 is 2.18 bits per heavy atom. The highest BCUT2D eigenvalue weighted by Gasteiger charge is 2.51. The Kier molecular flexibility index (Phi) is 1.42. The van der Waals surface area contributed by atoms with Gasteiger partial charge in [-0.25, -0.2) is 0 Å². The normalized spacial score (nSPS) is 26.5. The molecule has 3 heteroatoms. The molecule has 2 saturated carbocycles. The fraction of sp³-hybridized carbons (Fsp3) is 0.875. The largest absolute Gasteiger partial charge is 0.481 e. The van der Waals surface area contributed by atoms with Crippen molar-refractivity contribution in [1.82, 2.24) is 0 Å². The first-order valence-corrected chi connectivity index (χ1v) is 4.08. The maximum absolute atomic E-state index is 10.6. The summed E-state index contributed by atoms with van der Waals surface area (Å²) in [6.45, 7) is 0.438. The van der Waals surface area contributed by atoms with Gasteiger partial charge in [-0.3, -0.25) is 4.79 Å². The molecule has 0 spiro atoms. The van der Waals surface area contributed by atoms with Crippen molar-refractivity contribution in [2.24, 2.45) is 5.41 Å². The first-order valence-electron chi connectivity index (χ1n) is 4.08. The van der Waals surface area contributed by atoms with E-state index in [4.69, 9.17) is 9.84 Å². The number of hydrogen-bond acceptors (Lipinski definition) is 2. The van der Waals surface area contributed by atoms with E-state index in [2.05, 4.69) is 0 Å². The quantitative estimate of drug-likeness (QED) is 0.661. The van der Waals surface area contributed by atoms with Crippen LogP contribution in [-0.4, -0.2) is 23.8 Å². The molecular weight excluding hydrogens is 144 g/mol. The van der Waals surface area contributed by atoms with E-state index in [1.807, 2.05) is 0 Å². The second-order valence-corrected chi connectivity index (χ2v) is 3.60. The summed E-state index contributed by atoms with van der Waals surface area (Å²) < 4.78 is 5.36. The summed E-state index contributed by atoms with van der Waals surface area (Å²) in [5.41, 5.74) is -0.484. The van der Waals surface area contributed by atoms with Crippen molar-refractivity contribution in [3.05, 3.63) is 0 Å². The van der Waals surface area contributed by atoms with Crippen LogP contribution in [-0.2, 0) is 9.53 Å². The summed E-state index contributed by atoms with van der Waals surface area (Å²) in [6.07, 6.45) is 4.22. The molecule has 1 N–H and O–H groups in total. The van der Waals surface area contributed by atoms with Gasteiger partial charge in [0, 0.05) is 0 Å². The molecule has 0 radical (unpaired) electrons. The molecule has 2 aliphatic carbocycles. The Balaban J connectivity index is 1.79. The summed E-state index contributed by atoms with van der Waals surface area (Å²) in [4.78, 5) is 10.6. The Hall–Kier alpha value is -0.570. The molecular formula is C8H12O3. The Bertz CT molecular complexity index is 180. The number of hydrogen-bond donors (Lipinski definition) is 1. The number of ether oxygens (including phenoxy) is 1. The van der Waals surface area contributed by atoms with Gasteiger partial charge in [-0.2, -0.15) is 0 Å². The predicted molar refractivity (Wildman–Crippen MR) is 38.3 cm³/mol. The first-order chi connectivity index (χ1) is 5.23. The number of aliphatic carboxylic acids is 1. The third kappa shape index (κ3) is 1.38. The van der Waals surface area contributed by atoms with Crippen molar-refractivity contribution in [1.29, 1.82) is 0 Å². The molecule has 0 amide bonds. The zero-order valence-corrected chi connectivity index (χ0v) is 6.38. The molecule has 62 valence electrons. The SMILES string of the molecule is O=C(O)C1(COC2CC2)CC1. The summed E-state index contributed by atoms with van der Waals surface area (Å²) >= 11 is 0. The third-order valence-electron chi connectivity index (χ3n) is 2.43. The number of rotatable bonds is 4. The van der Waals surface area contributed by atoms with Gasteiger partial charge in [0.2, 0.25) is 0 Å². The van der Waals surface area contributed by atoms with Crippen LogP contribution in [0.25, 0.3) is 0 Å². The fourth-order valence-corrected chi connectivity index (χ4v) is 1.08. The van der Waals surface area contributed by atoms with Gasteiger partial charge in [0.1, 0.15) is 0 Å². The van der Waals surface area contributed by atoms with Gasteiger partial charge in [0.05, 0.1) is 18.1 Å². The Labute approximate surface area is 65.4 Å². The Morgan fingerprint density at radius 1 is 1.55 bits per heavy atom. The monoisotopic (exact) mass is 156 g/mol. The van der Waals surface area contributed by atoms with Crippen LogP contribution in [0.1, 0.15) is 25.7 Å². The van der Waals surface area contributed by atoms with E-state index in [0.29, 0.717) is 12.7 Å². The van der Waals surface area contributed by atoms with Gasteiger partial charge < -0.3 is 9.84 Å². The maximum atomic E-state index is 10.6. The average Bonchev–Trinajstić information content (AvgIpc) is 2.82. The lowest BCUT2D eigenvalue weighted by atomic mass is 10.1. The molecule has 0 bridgehead atoms. The third-order valence-corrected chi connectivity index (χ3v) is 2.43. The van der Waals surface area contributed by atoms with Gasteiger partial charge in [-0.05, 0) is 25.7 Å². The highest BCUT2D eigenvalue weighted by atomic mass is 16.5. The van der Waals surface area contributed by atoms with Crippen LogP contribution in [0.4, 0.5) is 0 Å². The molecule has 0 heterocycles. The van der Waals surface area contributed by atoms with E-state index in [9.17, 15) is 4.79 Å². The van der Waals surface area contributed by atoms with Crippen molar-refractivity contribution < 1.29 is 14.6 Å². The predicted octanol–water partition coefficient (Wildman–Crippen LogP) is 1.03. The maximum Gasteiger partial charge on any atom is 0.311 e. The zero-order chi connectivity index (χ0) is 7.90. The van der Waals surface area contributed by atoms with Gasteiger partial charge >= 0.3 is 5.97 Å². The van der Waals surface area contributed by atoms with Crippen LogP contribution in [0, 0.1) is 5.41 Å². The summed E-state index contributed by atoms with van der Waals surface area (Å²) in [7, 11) is 0. The van der Waals surface area contributed by atoms with Crippen LogP contribution < -0.4 is 0 Å². The summed E-state index contributed by atoms with van der Waals surface area (Å²) in [6, 6.07) is 0. The molecule has 3 nitrogen and oxygen atoms in total. The molecule has 0 saturated heterocycles. The average molecular weight is 156 g/mol. The zero-order valence-electron chi connectivity index (χ0n) is 6.38. The second kappa shape index (κ2) is 2.21. The minimum Gasteiger partial charge on any atom is -0.481 e. The number of carboxylic acids is 1. The van der Waals surface area contributed by atoms with Crippen molar-refractivity contribution in [2.75, 3.05) is 6.61 Å². The van der Waals surface area contributed by atoms with Gasteiger partial charge in [0.15, 0.2) is 0 Å².